The molecular weight excluding hydrogens is 154 g/mol. The highest BCUT2D eigenvalue weighted by atomic mass is 16.3. The van der Waals surface area contributed by atoms with Crippen LogP contribution in [-0.4, -0.2) is 17.8 Å². The molecule has 0 saturated carbocycles. The molecule has 0 saturated heterocycles. The monoisotopic (exact) mass is 167 g/mol. The molecule has 1 atom stereocenters. The van der Waals surface area contributed by atoms with E-state index >= 15 is 0 Å². The molecular formula is C9H13NO2. The van der Waals surface area contributed by atoms with Gasteiger partial charge in [-0.15, -0.1) is 0 Å². The van der Waals surface area contributed by atoms with Crippen molar-refractivity contribution in [3.8, 4) is 0 Å². The molecule has 0 radical (unpaired) electrons. The van der Waals surface area contributed by atoms with Gasteiger partial charge < -0.3 is 15.3 Å². The quantitative estimate of drug-likeness (QED) is 0.706. The lowest BCUT2D eigenvalue weighted by Gasteiger charge is -2.06. The number of furan rings is 1. The van der Waals surface area contributed by atoms with Crippen molar-refractivity contribution in [3.63, 3.8) is 0 Å². The SMILES string of the molecule is C/C(=C\c1ccco1)[C@H](O)CN. The Kier molecular flexibility index (Phi) is 3.08. The topological polar surface area (TPSA) is 59.4 Å². The van der Waals surface area contributed by atoms with Crippen LogP contribution in [0.4, 0.5) is 0 Å². The van der Waals surface area contributed by atoms with Gasteiger partial charge in [0.05, 0.1) is 12.4 Å². The molecule has 0 amide bonds. The second-order valence-corrected chi connectivity index (χ2v) is 2.66. The highest BCUT2D eigenvalue weighted by Gasteiger charge is 2.03. The van der Waals surface area contributed by atoms with Gasteiger partial charge in [0.1, 0.15) is 5.76 Å². The zero-order valence-corrected chi connectivity index (χ0v) is 7.03. The van der Waals surface area contributed by atoms with Gasteiger partial charge in [0.2, 0.25) is 0 Å². The highest BCUT2D eigenvalue weighted by molar-refractivity contribution is 5.47. The van der Waals surface area contributed by atoms with Gasteiger partial charge in [-0.3, -0.25) is 0 Å². The van der Waals surface area contributed by atoms with Gasteiger partial charge in [0.25, 0.3) is 0 Å². The van der Waals surface area contributed by atoms with Crippen LogP contribution < -0.4 is 5.73 Å². The minimum absolute atomic E-state index is 0.239. The molecule has 0 aromatic carbocycles. The van der Waals surface area contributed by atoms with Crippen LogP contribution in [0.1, 0.15) is 12.7 Å². The molecule has 0 aliphatic rings. The molecule has 1 heterocycles. The van der Waals surface area contributed by atoms with Crippen LogP contribution in [0.15, 0.2) is 28.4 Å². The number of hydrogen-bond donors (Lipinski definition) is 2. The molecule has 1 aromatic rings. The molecule has 3 N–H and O–H groups in total. The molecule has 0 spiro atoms. The van der Waals surface area contributed by atoms with Crippen LogP contribution in [0.2, 0.25) is 0 Å². The van der Waals surface area contributed by atoms with E-state index in [0.717, 1.165) is 11.3 Å². The summed E-state index contributed by atoms with van der Waals surface area (Å²) in [7, 11) is 0. The fourth-order valence-corrected chi connectivity index (χ4v) is 0.880. The minimum atomic E-state index is -0.574. The van der Waals surface area contributed by atoms with Crippen LogP contribution in [0, 0.1) is 0 Å². The number of hydrogen-bond acceptors (Lipinski definition) is 3. The zero-order chi connectivity index (χ0) is 8.97. The van der Waals surface area contributed by atoms with E-state index in [1.54, 1.807) is 18.4 Å². The molecule has 12 heavy (non-hydrogen) atoms. The summed E-state index contributed by atoms with van der Waals surface area (Å²) >= 11 is 0. The van der Waals surface area contributed by atoms with Crippen molar-refractivity contribution >= 4 is 6.08 Å². The summed E-state index contributed by atoms with van der Waals surface area (Å²) in [6, 6.07) is 3.63. The molecule has 0 bridgehead atoms. The molecule has 0 aliphatic heterocycles. The Hall–Kier alpha value is -1.06. The first-order valence-electron chi connectivity index (χ1n) is 3.84. The van der Waals surface area contributed by atoms with Crippen molar-refractivity contribution in [1.82, 2.24) is 0 Å². The molecule has 1 rings (SSSR count). The van der Waals surface area contributed by atoms with E-state index in [-0.39, 0.29) is 6.54 Å². The average Bonchev–Trinajstić information content (AvgIpc) is 2.55. The highest BCUT2D eigenvalue weighted by Crippen LogP contribution is 2.09. The number of nitrogens with two attached hydrogens (primary N) is 1. The maximum atomic E-state index is 9.29. The lowest BCUT2D eigenvalue weighted by molar-refractivity contribution is 0.220. The fourth-order valence-electron chi connectivity index (χ4n) is 0.880. The van der Waals surface area contributed by atoms with Crippen molar-refractivity contribution in [2.24, 2.45) is 5.73 Å². The number of aliphatic hydroxyl groups excluding tert-OH is 1. The predicted molar refractivity (Wildman–Crippen MR) is 47.4 cm³/mol. The minimum Gasteiger partial charge on any atom is -0.465 e. The van der Waals surface area contributed by atoms with E-state index in [1.165, 1.54) is 0 Å². The summed E-state index contributed by atoms with van der Waals surface area (Å²) in [4.78, 5) is 0. The first-order valence-corrected chi connectivity index (χ1v) is 3.84. The van der Waals surface area contributed by atoms with Crippen molar-refractivity contribution in [2.45, 2.75) is 13.0 Å². The van der Waals surface area contributed by atoms with Crippen molar-refractivity contribution in [1.29, 1.82) is 0 Å². The number of aliphatic hydroxyl groups is 1. The molecule has 66 valence electrons. The first kappa shape index (κ1) is 9.03. The van der Waals surface area contributed by atoms with Crippen LogP contribution in [0.5, 0.6) is 0 Å². The summed E-state index contributed by atoms with van der Waals surface area (Å²) in [5, 5.41) is 9.29. The molecule has 1 aromatic heterocycles. The van der Waals surface area contributed by atoms with E-state index in [1.807, 2.05) is 13.0 Å². The van der Waals surface area contributed by atoms with Gasteiger partial charge in [-0.2, -0.15) is 0 Å². The van der Waals surface area contributed by atoms with Crippen molar-refractivity contribution in [3.05, 3.63) is 29.7 Å². The molecule has 0 aliphatic carbocycles. The van der Waals surface area contributed by atoms with E-state index in [2.05, 4.69) is 0 Å². The van der Waals surface area contributed by atoms with Gasteiger partial charge in [0.15, 0.2) is 0 Å². The molecule has 0 fully saturated rings. The largest absolute Gasteiger partial charge is 0.465 e. The fraction of sp³-hybridized carbons (Fsp3) is 0.333. The maximum absolute atomic E-state index is 9.29. The maximum Gasteiger partial charge on any atom is 0.126 e. The Balaban J connectivity index is 2.69. The Bertz CT molecular complexity index is 252. The lowest BCUT2D eigenvalue weighted by Crippen LogP contribution is -2.20. The second-order valence-electron chi connectivity index (χ2n) is 2.66. The molecule has 3 nitrogen and oxygen atoms in total. The third-order valence-corrected chi connectivity index (χ3v) is 1.66. The Morgan fingerprint density at radius 1 is 1.83 bits per heavy atom. The standard InChI is InChI=1S/C9H13NO2/c1-7(9(11)6-10)5-8-3-2-4-12-8/h2-5,9,11H,6,10H2,1H3/b7-5+/t9-/m1/s1. The zero-order valence-electron chi connectivity index (χ0n) is 7.03. The summed E-state index contributed by atoms with van der Waals surface area (Å²) in [5.74, 6) is 0.736. The second kappa shape index (κ2) is 4.09. The first-order chi connectivity index (χ1) is 5.74. The van der Waals surface area contributed by atoms with Crippen LogP contribution in [0.3, 0.4) is 0 Å². The lowest BCUT2D eigenvalue weighted by atomic mass is 10.1. The van der Waals surface area contributed by atoms with E-state index in [0.29, 0.717) is 0 Å². The van der Waals surface area contributed by atoms with Crippen LogP contribution >= 0.6 is 0 Å². The third kappa shape index (κ3) is 2.22. The smallest absolute Gasteiger partial charge is 0.126 e. The summed E-state index contributed by atoms with van der Waals surface area (Å²) < 4.78 is 5.07. The average molecular weight is 167 g/mol. The molecule has 3 heteroatoms. The van der Waals surface area contributed by atoms with Crippen molar-refractivity contribution < 1.29 is 9.52 Å². The van der Waals surface area contributed by atoms with Gasteiger partial charge in [-0.25, -0.2) is 0 Å². The normalized spacial score (nSPS) is 14.8. The van der Waals surface area contributed by atoms with E-state index in [4.69, 9.17) is 10.2 Å². The van der Waals surface area contributed by atoms with Gasteiger partial charge in [-0.05, 0) is 30.7 Å². The van der Waals surface area contributed by atoms with Gasteiger partial charge in [-0.1, -0.05) is 0 Å². The number of rotatable bonds is 3. The Labute approximate surface area is 71.5 Å². The van der Waals surface area contributed by atoms with Crippen LogP contribution in [0.25, 0.3) is 6.08 Å². The Morgan fingerprint density at radius 2 is 2.58 bits per heavy atom. The molecule has 0 unspecified atom stereocenters. The summed E-state index contributed by atoms with van der Waals surface area (Å²) in [6.45, 7) is 2.06. The Morgan fingerprint density at radius 3 is 3.08 bits per heavy atom. The summed E-state index contributed by atoms with van der Waals surface area (Å²) in [6.07, 6.45) is 2.79. The van der Waals surface area contributed by atoms with Crippen molar-refractivity contribution in [2.75, 3.05) is 6.54 Å². The van der Waals surface area contributed by atoms with Crippen LogP contribution in [-0.2, 0) is 0 Å². The van der Waals surface area contributed by atoms with E-state index < -0.39 is 6.10 Å². The van der Waals surface area contributed by atoms with Gasteiger partial charge >= 0.3 is 0 Å². The van der Waals surface area contributed by atoms with E-state index in [9.17, 15) is 5.11 Å². The predicted octanol–water partition coefficient (Wildman–Crippen LogP) is 1.00. The summed E-state index contributed by atoms with van der Waals surface area (Å²) in [5.41, 5.74) is 6.09. The van der Waals surface area contributed by atoms with Gasteiger partial charge in [0, 0.05) is 6.54 Å². The third-order valence-electron chi connectivity index (χ3n) is 1.66.